The van der Waals surface area contributed by atoms with Crippen LogP contribution in [-0.2, 0) is 14.8 Å². The molecule has 1 aromatic rings. The van der Waals surface area contributed by atoms with Crippen LogP contribution in [0.15, 0.2) is 23.1 Å². The molecule has 2 rings (SSSR count). The molecule has 0 saturated carbocycles. The van der Waals surface area contributed by atoms with E-state index in [1.54, 1.807) is 0 Å². The zero-order valence-corrected chi connectivity index (χ0v) is 14.7. The highest BCUT2D eigenvalue weighted by Gasteiger charge is 2.27. The van der Waals surface area contributed by atoms with Crippen LogP contribution in [0, 0.1) is 0 Å². The molecule has 0 aliphatic carbocycles. The van der Waals surface area contributed by atoms with Gasteiger partial charge in [0.1, 0.15) is 5.75 Å². The molecule has 0 radical (unpaired) electrons. The minimum Gasteiger partial charge on any atom is -0.495 e. The largest absolute Gasteiger partial charge is 0.495 e. The highest BCUT2D eigenvalue weighted by atomic mass is 32.2. The van der Waals surface area contributed by atoms with Crippen molar-refractivity contribution in [1.82, 2.24) is 9.62 Å². The Balaban J connectivity index is 2.25. The summed E-state index contributed by atoms with van der Waals surface area (Å²) in [5.41, 5.74) is 0.306. The Hall–Kier alpha value is -1.84. The van der Waals surface area contributed by atoms with Gasteiger partial charge in [-0.05, 0) is 24.6 Å². The van der Waals surface area contributed by atoms with Crippen molar-refractivity contribution < 1.29 is 22.7 Å². The van der Waals surface area contributed by atoms with Crippen LogP contribution >= 0.6 is 0 Å². The van der Waals surface area contributed by atoms with Gasteiger partial charge in [0.25, 0.3) is 0 Å². The summed E-state index contributed by atoms with van der Waals surface area (Å²) in [4.78, 5) is 12.0. The molecule has 1 aliphatic heterocycles. The predicted octanol–water partition coefficient (Wildman–Crippen LogP) is 1.25. The number of nitrogens with one attached hydrogen (secondary N) is 2. The molecule has 2 amide bonds. The van der Waals surface area contributed by atoms with E-state index in [0.717, 1.165) is 6.42 Å². The summed E-state index contributed by atoms with van der Waals surface area (Å²) in [7, 11) is -2.18. The first-order chi connectivity index (χ1) is 11.5. The summed E-state index contributed by atoms with van der Waals surface area (Å²) in [6, 6.07) is 4.01. The van der Waals surface area contributed by atoms with Gasteiger partial charge in [-0.15, -0.1) is 0 Å². The maximum Gasteiger partial charge on any atom is 0.319 e. The molecule has 1 fully saturated rings. The van der Waals surface area contributed by atoms with Crippen molar-refractivity contribution in [3.8, 4) is 5.75 Å². The summed E-state index contributed by atoms with van der Waals surface area (Å²) in [5, 5.41) is 5.30. The first-order valence-electron chi connectivity index (χ1n) is 7.80. The zero-order chi connectivity index (χ0) is 17.6. The molecule has 2 N–H and O–H groups in total. The Morgan fingerprint density at radius 1 is 1.33 bits per heavy atom. The summed E-state index contributed by atoms with van der Waals surface area (Å²) < 4.78 is 37.2. The van der Waals surface area contributed by atoms with Crippen molar-refractivity contribution in [2.75, 3.05) is 45.3 Å². The van der Waals surface area contributed by atoms with Gasteiger partial charge < -0.3 is 20.1 Å². The van der Waals surface area contributed by atoms with E-state index < -0.39 is 16.1 Å². The number of amides is 2. The lowest BCUT2D eigenvalue weighted by Crippen LogP contribution is -2.40. The second kappa shape index (κ2) is 8.32. The van der Waals surface area contributed by atoms with Crippen molar-refractivity contribution in [2.24, 2.45) is 0 Å². The quantitative estimate of drug-likeness (QED) is 0.799. The zero-order valence-electron chi connectivity index (χ0n) is 13.9. The molecule has 24 heavy (non-hydrogen) atoms. The molecule has 1 aromatic carbocycles. The first kappa shape index (κ1) is 18.5. The number of sulfonamides is 1. The number of nitrogens with zero attached hydrogens (tertiary/aromatic N) is 1. The van der Waals surface area contributed by atoms with E-state index in [1.165, 1.54) is 29.6 Å². The lowest BCUT2D eigenvalue weighted by atomic mass is 10.3. The SMILES string of the molecule is CCCNC(=O)Nc1cc(S(=O)(=O)N2CCOCC2)ccc1OC. The number of urea groups is 1. The fourth-order valence-corrected chi connectivity index (χ4v) is 3.72. The Labute approximate surface area is 142 Å². The summed E-state index contributed by atoms with van der Waals surface area (Å²) in [5.74, 6) is 0.391. The van der Waals surface area contributed by atoms with Gasteiger partial charge in [-0.25, -0.2) is 13.2 Å². The molecule has 8 nitrogen and oxygen atoms in total. The van der Waals surface area contributed by atoms with Gasteiger partial charge in [-0.2, -0.15) is 4.31 Å². The topological polar surface area (TPSA) is 97.0 Å². The second-order valence-electron chi connectivity index (χ2n) is 5.26. The Morgan fingerprint density at radius 2 is 2.04 bits per heavy atom. The summed E-state index contributed by atoms with van der Waals surface area (Å²) in [6.07, 6.45) is 0.802. The standard InChI is InChI=1S/C15H23N3O5S/c1-3-6-16-15(19)17-13-11-12(4-5-14(13)22-2)24(20,21)18-7-9-23-10-8-18/h4-5,11H,3,6-10H2,1-2H3,(H2,16,17,19). The second-order valence-corrected chi connectivity index (χ2v) is 7.20. The van der Waals surface area contributed by atoms with Gasteiger partial charge >= 0.3 is 6.03 Å². The fraction of sp³-hybridized carbons (Fsp3) is 0.533. The Kier molecular flexibility index (Phi) is 6.41. The van der Waals surface area contributed by atoms with Crippen molar-refractivity contribution in [1.29, 1.82) is 0 Å². The van der Waals surface area contributed by atoms with Gasteiger partial charge in [-0.3, -0.25) is 0 Å². The molecule has 9 heteroatoms. The lowest BCUT2D eigenvalue weighted by Gasteiger charge is -2.26. The molecule has 0 bridgehead atoms. The number of carbonyl (C=O) groups is 1. The smallest absolute Gasteiger partial charge is 0.319 e. The van der Waals surface area contributed by atoms with Crippen LogP contribution in [0.4, 0.5) is 10.5 Å². The number of hydrogen-bond acceptors (Lipinski definition) is 5. The van der Waals surface area contributed by atoms with E-state index in [1.807, 2.05) is 6.92 Å². The lowest BCUT2D eigenvalue weighted by molar-refractivity contribution is 0.0730. The molecular formula is C15H23N3O5S. The van der Waals surface area contributed by atoms with Crippen molar-refractivity contribution in [2.45, 2.75) is 18.2 Å². The number of ether oxygens (including phenoxy) is 2. The number of methoxy groups -OCH3 is 1. The maximum atomic E-state index is 12.7. The van der Waals surface area contributed by atoms with Crippen molar-refractivity contribution in [3.05, 3.63) is 18.2 Å². The van der Waals surface area contributed by atoms with Crippen LogP contribution in [0.2, 0.25) is 0 Å². The number of rotatable bonds is 6. The van der Waals surface area contributed by atoms with E-state index >= 15 is 0 Å². The van der Waals surface area contributed by atoms with Gasteiger partial charge in [0, 0.05) is 19.6 Å². The van der Waals surface area contributed by atoms with Crippen LogP contribution in [0.3, 0.4) is 0 Å². The fourth-order valence-electron chi connectivity index (χ4n) is 2.29. The summed E-state index contributed by atoms with van der Waals surface area (Å²) in [6.45, 7) is 3.85. The number of carbonyl (C=O) groups excluding carboxylic acids is 1. The first-order valence-corrected chi connectivity index (χ1v) is 9.24. The third-order valence-corrected chi connectivity index (χ3v) is 5.46. The maximum absolute atomic E-state index is 12.7. The third kappa shape index (κ3) is 4.37. The average Bonchev–Trinajstić information content (AvgIpc) is 2.60. The third-order valence-electron chi connectivity index (χ3n) is 3.56. The molecule has 1 aliphatic rings. The molecule has 1 saturated heterocycles. The average molecular weight is 357 g/mol. The number of benzene rings is 1. The van der Waals surface area contributed by atoms with Crippen LogP contribution < -0.4 is 15.4 Å². The molecule has 0 unspecified atom stereocenters. The highest BCUT2D eigenvalue weighted by Crippen LogP contribution is 2.29. The number of hydrogen-bond donors (Lipinski definition) is 2. The van der Waals surface area contributed by atoms with Crippen molar-refractivity contribution >= 4 is 21.7 Å². The minimum atomic E-state index is -3.64. The van der Waals surface area contributed by atoms with Crippen LogP contribution in [-0.4, -0.2) is 58.7 Å². The monoisotopic (exact) mass is 357 g/mol. The van der Waals surface area contributed by atoms with E-state index in [2.05, 4.69) is 10.6 Å². The molecular weight excluding hydrogens is 334 g/mol. The Bertz CT molecular complexity index is 672. The van der Waals surface area contributed by atoms with Gasteiger partial charge in [0.2, 0.25) is 10.0 Å². The van der Waals surface area contributed by atoms with E-state index in [-0.39, 0.29) is 4.90 Å². The van der Waals surface area contributed by atoms with Crippen molar-refractivity contribution in [3.63, 3.8) is 0 Å². The minimum absolute atomic E-state index is 0.107. The number of morpholine rings is 1. The molecule has 1 heterocycles. The van der Waals surface area contributed by atoms with Gasteiger partial charge in [-0.1, -0.05) is 6.92 Å². The molecule has 0 atom stereocenters. The van der Waals surface area contributed by atoms with Crippen LogP contribution in [0.5, 0.6) is 5.75 Å². The normalized spacial score (nSPS) is 15.8. The van der Waals surface area contributed by atoms with Crippen LogP contribution in [0.25, 0.3) is 0 Å². The molecule has 0 spiro atoms. The van der Waals surface area contributed by atoms with Gasteiger partial charge in [0.15, 0.2) is 0 Å². The highest BCUT2D eigenvalue weighted by molar-refractivity contribution is 7.89. The molecule has 0 aromatic heterocycles. The number of anilines is 1. The van der Waals surface area contributed by atoms with E-state index in [4.69, 9.17) is 9.47 Å². The molecule has 134 valence electrons. The predicted molar refractivity (Wildman–Crippen MR) is 89.9 cm³/mol. The van der Waals surface area contributed by atoms with E-state index in [0.29, 0.717) is 44.3 Å². The van der Waals surface area contributed by atoms with E-state index in [9.17, 15) is 13.2 Å². The Morgan fingerprint density at radius 3 is 2.67 bits per heavy atom. The summed E-state index contributed by atoms with van der Waals surface area (Å²) >= 11 is 0. The van der Waals surface area contributed by atoms with Crippen LogP contribution in [0.1, 0.15) is 13.3 Å². The van der Waals surface area contributed by atoms with Gasteiger partial charge in [0.05, 0.1) is 30.9 Å².